The molecule has 0 aliphatic carbocycles. The van der Waals surface area contributed by atoms with Crippen LogP contribution in [0, 0.1) is 10.1 Å². The number of rotatable bonds is 6. The van der Waals surface area contributed by atoms with Gasteiger partial charge in [-0.1, -0.05) is 30.7 Å². The number of hydrogen-bond donors (Lipinski definition) is 0. The van der Waals surface area contributed by atoms with Crippen molar-refractivity contribution in [3.63, 3.8) is 0 Å². The Bertz CT molecular complexity index is 620. The predicted molar refractivity (Wildman–Crippen MR) is 82.1 cm³/mol. The fourth-order valence-electron chi connectivity index (χ4n) is 2.05. The van der Waals surface area contributed by atoms with Gasteiger partial charge in [-0.3, -0.25) is 20.0 Å². The summed E-state index contributed by atoms with van der Waals surface area (Å²) < 4.78 is 0. The van der Waals surface area contributed by atoms with Gasteiger partial charge in [0, 0.05) is 25.4 Å². The lowest BCUT2D eigenvalue weighted by Crippen LogP contribution is -2.22. The number of benzene rings is 1. The van der Waals surface area contributed by atoms with E-state index in [0.717, 1.165) is 17.8 Å². The SMILES string of the molecule is CCN(Cc1ccc(Cl)c([N+](=O)[O-])c1)Cc1ccccn1. The third kappa shape index (κ3) is 4.24. The molecule has 1 heterocycles. The molecule has 1 aromatic heterocycles. The van der Waals surface area contributed by atoms with Crippen molar-refractivity contribution in [3.8, 4) is 0 Å². The molecule has 0 radical (unpaired) electrons. The maximum absolute atomic E-state index is 10.9. The Labute approximate surface area is 128 Å². The molecule has 0 spiro atoms. The zero-order valence-corrected chi connectivity index (χ0v) is 12.5. The lowest BCUT2D eigenvalue weighted by molar-refractivity contribution is -0.384. The quantitative estimate of drug-likeness (QED) is 0.603. The molecule has 0 unspecified atom stereocenters. The molecule has 1 aromatic carbocycles. The van der Waals surface area contributed by atoms with E-state index in [1.807, 2.05) is 31.2 Å². The van der Waals surface area contributed by atoms with Crippen LogP contribution in [-0.2, 0) is 13.1 Å². The van der Waals surface area contributed by atoms with Crippen molar-refractivity contribution in [1.29, 1.82) is 0 Å². The molecule has 2 rings (SSSR count). The molecule has 0 N–H and O–H groups in total. The molecule has 0 aliphatic rings. The van der Waals surface area contributed by atoms with Crippen molar-refractivity contribution < 1.29 is 4.92 Å². The Hall–Kier alpha value is -1.98. The number of hydrogen-bond acceptors (Lipinski definition) is 4. The second-order valence-electron chi connectivity index (χ2n) is 4.67. The van der Waals surface area contributed by atoms with Gasteiger partial charge in [0.2, 0.25) is 0 Å². The van der Waals surface area contributed by atoms with Crippen LogP contribution in [0.5, 0.6) is 0 Å². The number of nitro groups is 1. The molecular weight excluding hydrogens is 290 g/mol. The molecule has 2 aromatic rings. The van der Waals surface area contributed by atoms with Crippen LogP contribution in [0.3, 0.4) is 0 Å². The molecule has 0 saturated heterocycles. The monoisotopic (exact) mass is 305 g/mol. The Kier molecular flexibility index (Phi) is 5.25. The van der Waals surface area contributed by atoms with Gasteiger partial charge in [0.25, 0.3) is 5.69 Å². The van der Waals surface area contributed by atoms with E-state index in [-0.39, 0.29) is 10.7 Å². The molecule has 110 valence electrons. The van der Waals surface area contributed by atoms with E-state index >= 15 is 0 Å². The summed E-state index contributed by atoms with van der Waals surface area (Å²) in [5.74, 6) is 0. The summed E-state index contributed by atoms with van der Waals surface area (Å²) in [6.45, 7) is 4.19. The van der Waals surface area contributed by atoms with Gasteiger partial charge in [-0.25, -0.2) is 0 Å². The molecule has 0 aliphatic heterocycles. The minimum atomic E-state index is -0.457. The van der Waals surface area contributed by atoms with Crippen molar-refractivity contribution >= 4 is 17.3 Å². The molecule has 0 fully saturated rings. The zero-order valence-electron chi connectivity index (χ0n) is 11.7. The summed E-state index contributed by atoms with van der Waals surface area (Å²) in [6, 6.07) is 10.7. The van der Waals surface area contributed by atoms with Crippen LogP contribution in [0.2, 0.25) is 5.02 Å². The van der Waals surface area contributed by atoms with Crippen LogP contribution >= 0.6 is 11.6 Å². The van der Waals surface area contributed by atoms with Gasteiger partial charge >= 0.3 is 0 Å². The van der Waals surface area contributed by atoms with Gasteiger partial charge in [-0.05, 0) is 30.3 Å². The number of pyridine rings is 1. The van der Waals surface area contributed by atoms with Gasteiger partial charge in [0.1, 0.15) is 5.02 Å². The average molecular weight is 306 g/mol. The van der Waals surface area contributed by atoms with E-state index in [4.69, 9.17) is 11.6 Å². The maximum atomic E-state index is 10.9. The minimum absolute atomic E-state index is 0.0527. The third-order valence-electron chi connectivity index (χ3n) is 3.17. The maximum Gasteiger partial charge on any atom is 0.288 e. The summed E-state index contributed by atoms with van der Waals surface area (Å²) in [5.41, 5.74) is 1.79. The van der Waals surface area contributed by atoms with Crippen LogP contribution in [0.15, 0.2) is 42.6 Å². The molecule has 5 nitrogen and oxygen atoms in total. The standard InChI is InChI=1S/C15H16ClN3O2/c1-2-18(11-13-5-3-4-8-17-13)10-12-6-7-14(16)15(9-12)19(20)21/h3-9H,2,10-11H2,1H3. The fourth-order valence-corrected chi connectivity index (χ4v) is 2.24. The van der Waals surface area contributed by atoms with E-state index in [1.165, 1.54) is 6.07 Å². The predicted octanol–water partition coefficient (Wildman–Crippen LogP) is 3.67. The van der Waals surface area contributed by atoms with E-state index in [0.29, 0.717) is 13.1 Å². The number of aromatic nitrogens is 1. The average Bonchev–Trinajstić information content (AvgIpc) is 2.49. The van der Waals surface area contributed by atoms with Gasteiger partial charge in [-0.15, -0.1) is 0 Å². The highest BCUT2D eigenvalue weighted by Crippen LogP contribution is 2.25. The van der Waals surface area contributed by atoms with E-state index in [9.17, 15) is 10.1 Å². The van der Waals surface area contributed by atoms with Crippen molar-refractivity contribution in [3.05, 3.63) is 69.0 Å². The first-order valence-corrected chi connectivity index (χ1v) is 7.03. The summed E-state index contributed by atoms with van der Waals surface area (Å²) in [6.07, 6.45) is 1.76. The van der Waals surface area contributed by atoms with Crippen LogP contribution in [0.25, 0.3) is 0 Å². The molecule has 0 atom stereocenters. The molecule has 0 amide bonds. The second-order valence-corrected chi connectivity index (χ2v) is 5.07. The Morgan fingerprint density at radius 1 is 1.29 bits per heavy atom. The number of halogens is 1. The summed E-state index contributed by atoms with van der Waals surface area (Å²) in [4.78, 5) is 16.9. The van der Waals surface area contributed by atoms with Crippen molar-refractivity contribution in [2.75, 3.05) is 6.54 Å². The summed E-state index contributed by atoms with van der Waals surface area (Å²) in [5, 5.41) is 11.1. The Balaban J connectivity index is 2.11. The highest BCUT2D eigenvalue weighted by atomic mass is 35.5. The van der Waals surface area contributed by atoms with Crippen molar-refractivity contribution in [2.45, 2.75) is 20.0 Å². The van der Waals surface area contributed by atoms with Crippen LogP contribution in [-0.4, -0.2) is 21.4 Å². The molecule has 21 heavy (non-hydrogen) atoms. The van der Waals surface area contributed by atoms with Crippen LogP contribution in [0.4, 0.5) is 5.69 Å². The van der Waals surface area contributed by atoms with Crippen LogP contribution in [0.1, 0.15) is 18.2 Å². The zero-order chi connectivity index (χ0) is 15.2. The Morgan fingerprint density at radius 3 is 2.71 bits per heavy atom. The van der Waals surface area contributed by atoms with Gasteiger partial charge in [0.15, 0.2) is 0 Å². The molecular formula is C15H16ClN3O2. The first kappa shape index (κ1) is 15.4. The smallest absolute Gasteiger partial charge is 0.288 e. The van der Waals surface area contributed by atoms with E-state index in [2.05, 4.69) is 9.88 Å². The molecule has 6 heteroatoms. The van der Waals surface area contributed by atoms with Gasteiger partial charge < -0.3 is 0 Å². The van der Waals surface area contributed by atoms with E-state index < -0.39 is 4.92 Å². The third-order valence-corrected chi connectivity index (χ3v) is 3.49. The lowest BCUT2D eigenvalue weighted by Gasteiger charge is -2.20. The number of nitrogens with zero attached hydrogens (tertiary/aromatic N) is 3. The fraction of sp³-hybridized carbons (Fsp3) is 0.267. The van der Waals surface area contributed by atoms with Crippen LogP contribution < -0.4 is 0 Å². The number of nitro benzene ring substituents is 1. The normalized spacial score (nSPS) is 10.8. The lowest BCUT2D eigenvalue weighted by atomic mass is 10.2. The van der Waals surface area contributed by atoms with E-state index in [1.54, 1.807) is 12.3 Å². The van der Waals surface area contributed by atoms with Gasteiger partial charge in [0.05, 0.1) is 10.6 Å². The minimum Gasteiger partial charge on any atom is -0.294 e. The first-order valence-electron chi connectivity index (χ1n) is 6.65. The largest absolute Gasteiger partial charge is 0.294 e. The summed E-state index contributed by atoms with van der Waals surface area (Å²) in [7, 11) is 0. The topological polar surface area (TPSA) is 59.3 Å². The Morgan fingerprint density at radius 2 is 2.10 bits per heavy atom. The molecule has 0 saturated carbocycles. The highest BCUT2D eigenvalue weighted by Gasteiger charge is 2.14. The second kappa shape index (κ2) is 7.15. The molecule has 0 bridgehead atoms. The van der Waals surface area contributed by atoms with Crippen molar-refractivity contribution in [1.82, 2.24) is 9.88 Å². The van der Waals surface area contributed by atoms with Crippen molar-refractivity contribution in [2.24, 2.45) is 0 Å². The highest BCUT2D eigenvalue weighted by molar-refractivity contribution is 6.32. The first-order chi connectivity index (χ1) is 10.1. The van der Waals surface area contributed by atoms with Gasteiger partial charge in [-0.2, -0.15) is 0 Å². The summed E-state index contributed by atoms with van der Waals surface area (Å²) >= 11 is 5.83.